The van der Waals surface area contributed by atoms with Crippen LogP contribution in [-0.4, -0.2) is 24.3 Å². The van der Waals surface area contributed by atoms with Crippen molar-refractivity contribution in [1.29, 1.82) is 0 Å². The number of amides is 3. The number of benzene rings is 3. The Morgan fingerprint density at radius 3 is 2.53 bits per heavy atom. The molecule has 3 aromatic carbocycles. The van der Waals surface area contributed by atoms with Crippen molar-refractivity contribution in [3.05, 3.63) is 95.0 Å². The Balaban J connectivity index is 1.40. The van der Waals surface area contributed by atoms with Crippen LogP contribution in [0.1, 0.15) is 22.3 Å². The molecule has 1 heterocycles. The Bertz CT molecular complexity index is 1150. The summed E-state index contributed by atoms with van der Waals surface area (Å²) in [6.45, 7) is 0.614. The van der Waals surface area contributed by atoms with Crippen LogP contribution in [0.3, 0.4) is 0 Å². The third-order valence-electron chi connectivity index (χ3n) is 5.30. The molecular formula is C25H22ClN3O3. The topological polar surface area (TPSA) is 78.5 Å². The zero-order valence-corrected chi connectivity index (χ0v) is 18.0. The highest BCUT2D eigenvalue weighted by atomic mass is 35.5. The lowest BCUT2D eigenvalue weighted by molar-refractivity contribution is -0.126. The van der Waals surface area contributed by atoms with E-state index in [1.54, 1.807) is 53.4 Å². The maximum absolute atomic E-state index is 12.6. The highest BCUT2D eigenvalue weighted by Crippen LogP contribution is 2.26. The molecule has 4 rings (SSSR count). The van der Waals surface area contributed by atoms with Gasteiger partial charge < -0.3 is 15.5 Å². The van der Waals surface area contributed by atoms with E-state index in [0.717, 1.165) is 5.56 Å². The Labute approximate surface area is 191 Å². The fraction of sp³-hybridized carbons (Fsp3) is 0.160. The number of hydrogen-bond acceptors (Lipinski definition) is 3. The number of para-hydroxylation sites is 1. The van der Waals surface area contributed by atoms with Crippen molar-refractivity contribution < 1.29 is 14.4 Å². The summed E-state index contributed by atoms with van der Waals surface area (Å²) in [7, 11) is 0. The zero-order chi connectivity index (χ0) is 22.5. The molecule has 0 aromatic heterocycles. The van der Waals surface area contributed by atoms with Crippen molar-refractivity contribution in [1.82, 2.24) is 5.32 Å². The smallest absolute Gasteiger partial charge is 0.255 e. The molecule has 0 aliphatic carbocycles. The first-order valence-electron chi connectivity index (χ1n) is 10.3. The highest BCUT2D eigenvalue weighted by molar-refractivity contribution is 6.30. The minimum absolute atomic E-state index is 0.127. The molecule has 1 atom stereocenters. The zero-order valence-electron chi connectivity index (χ0n) is 17.3. The van der Waals surface area contributed by atoms with Gasteiger partial charge in [-0.2, -0.15) is 0 Å². The molecule has 0 bridgehead atoms. The Morgan fingerprint density at radius 2 is 1.75 bits per heavy atom. The average Bonchev–Trinajstić information content (AvgIpc) is 3.20. The molecule has 3 aromatic rings. The van der Waals surface area contributed by atoms with Crippen molar-refractivity contribution in [3.8, 4) is 0 Å². The fourth-order valence-corrected chi connectivity index (χ4v) is 3.87. The van der Waals surface area contributed by atoms with Crippen molar-refractivity contribution >= 4 is 40.7 Å². The normalized spacial score (nSPS) is 15.5. The average molecular weight is 448 g/mol. The summed E-state index contributed by atoms with van der Waals surface area (Å²) in [4.78, 5) is 39.4. The summed E-state index contributed by atoms with van der Waals surface area (Å²) in [5.41, 5.74) is 2.62. The maximum atomic E-state index is 12.6. The summed E-state index contributed by atoms with van der Waals surface area (Å²) in [5.74, 6) is -1.05. The molecule has 162 valence electrons. The molecule has 0 saturated carbocycles. The number of carbonyl (C=O) groups is 3. The minimum atomic E-state index is -0.455. The molecule has 2 N–H and O–H groups in total. The number of nitrogens with zero attached hydrogens (tertiary/aromatic N) is 1. The summed E-state index contributed by atoms with van der Waals surface area (Å²) in [5, 5.41) is 6.32. The summed E-state index contributed by atoms with van der Waals surface area (Å²) in [6, 6.07) is 23.3. The summed E-state index contributed by atoms with van der Waals surface area (Å²) < 4.78 is 0. The van der Waals surface area contributed by atoms with Crippen LogP contribution < -0.4 is 15.5 Å². The van der Waals surface area contributed by atoms with E-state index in [1.807, 2.05) is 30.3 Å². The van der Waals surface area contributed by atoms with Crippen molar-refractivity contribution in [3.63, 3.8) is 0 Å². The predicted molar refractivity (Wildman–Crippen MR) is 125 cm³/mol. The Hall–Kier alpha value is -3.64. The summed E-state index contributed by atoms with van der Waals surface area (Å²) >= 11 is 5.98. The quantitative estimate of drug-likeness (QED) is 0.592. The lowest BCUT2D eigenvalue weighted by atomic mass is 10.1. The van der Waals surface area contributed by atoms with Crippen LogP contribution in [0.5, 0.6) is 0 Å². The predicted octanol–water partition coefficient (Wildman–Crippen LogP) is 4.26. The SMILES string of the molecule is O=C(Nc1ccccc1)c1cccc(N2C[C@@H](C(=O)NCc3cccc(Cl)c3)CC2=O)c1. The molecule has 6 nitrogen and oxygen atoms in total. The van der Waals surface area contributed by atoms with E-state index in [-0.39, 0.29) is 30.7 Å². The molecule has 1 aliphatic rings. The Morgan fingerprint density at radius 1 is 0.969 bits per heavy atom. The van der Waals surface area contributed by atoms with Gasteiger partial charge in [0.25, 0.3) is 5.91 Å². The van der Waals surface area contributed by atoms with E-state index in [1.165, 1.54) is 0 Å². The van der Waals surface area contributed by atoms with E-state index >= 15 is 0 Å². The van der Waals surface area contributed by atoms with E-state index in [0.29, 0.717) is 28.5 Å². The lowest BCUT2D eigenvalue weighted by Gasteiger charge is -2.18. The second-order valence-electron chi connectivity index (χ2n) is 7.62. The highest BCUT2D eigenvalue weighted by Gasteiger charge is 2.35. The maximum Gasteiger partial charge on any atom is 0.255 e. The number of nitrogens with one attached hydrogen (secondary N) is 2. The largest absolute Gasteiger partial charge is 0.352 e. The van der Waals surface area contributed by atoms with Crippen LogP contribution in [0.4, 0.5) is 11.4 Å². The molecular weight excluding hydrogens is 426 g/mol. The monoisotopic (exact) mass is 447 g/mol. The number of rotatable bonds is 6. The molecule has 7 heteroatoms. The van der Waals surface area contributed by atoms with Gasteiger partial charge >= 0.3 is 0 Å². The molecule has 0 unspecified atom stereocenters. The van der Waals surface area contributed by atoms with Crippen LogP contribution in [0.25, 0.3) is 0 Å². The van der Waals surface area contributed by atoms with Gasteiger partial charge in [-0.15, -0.1) is 0 Å². The van der Waals surface area contributed by atoms with Gasteiger partial charge in [0.2, 0.25) is 11.8 Å². The molecule has 1 aliphatic heterocycles. The standard InChI is InChI=1S/C25H22ClN3O3/c26-20-8-4-6-17(12-20)15-27-24(31)19-14-23(30)29(16-19)22-11-5-7-18(13-22)25(32)28-21-9-2-1-3-10-21/h1-13,19H,14-16H2,(H,27,31)(H,28,32)/t19-/m0/s1. The van der Waals surface area contributed by atoms with Crippen LogP contribution in [0, 0.1) is 5.92 Å². The van der Waals surface area contributed by atoms with Gasteiger partial charge in [0.1, 0.15) is 0 Å². The number of halogens is 1. The molecule has 1 saturated heterocycles. The van der Waals surface area contributed by atoms with Crippen molar-refractivity contribution in [2.24, 2.45) is 5.92 Å². The van der Waals surface area contributed by atoms with Crippen LogP contribution in [-0.2, 0) is 16.1 Å². The summed E-state index contributed by atoms with van der Waals surface area (Å²) in [6.07, 6.45) is 0.127. The van der Waals surface area contributed by atoms with E-state index in [9.17, 15) is 14.4 Å². The first kappa shape index (κ1) is 21.6. The van der Waals surface area contributed by atoms with Gasteiger partial charge in [0.05, 0.1) is 5.92 Å². The van der Waals surface area contributed by atoms with Crippen LogP contribution in [0.2, 0.25) is 5.02 Å². The van der Waals surface area contributed by atoms with Gasteiger partial charge in [-0.25, -0.2) is 0 Å². The van der Waals surface area contributed by atoms with Gasteiger partial charge in [-0.1, -0.05) is 48.0 Å². The van der Waals surface area contributed by atoms with Gasteiger partial charge in [0, 0.05) is 41.5 Å². The molecule has 0 radical (unpaired) electrons. The van der Waals surface area contributed by atoms with E-state index in [4.69, 9.17) is 11.6 Å². The Kier molecular flexibility index (Phi) is 6.52. The van der Waals surface area contributed by atoms with Crippen molar-refractivity contribution in [2.75, 3.05) is 16.8 Å². The molecule has 3 amide bonds. The number of carbonyl (C=O) groups excluding carboxylic acids is 3. The van der Waals surface area contributed by atoms with E-state index < -0.39 is 5.92 Å². The second kappa shape index (κ2) is 9.66. The molecule has 0 spiro atoms. The van der Waals surface area contributed by atoms with Crippen LogP contribution >= 0.6 is 11.6 Å². The number of anilines is 2. The van der Waals surface area contributed by atoms with Gasteiger partial charge in [-0.05, 0) is 48.0 Å². The molecule has 1 fully saturated rings. The fourth-order valence-electron chi connectivity index (χ4n) is 3.65. The van der Waals surface area contributed by atoms with Gasteiger partial charge in [-0.3, -0.25) is 14.4 Å². The third kappa shape index (κ3) is 5.15. The number of hydrogen-bond donors (Lipinski definition) is 2. The third-order valence-corrected chi connectivity index (χ3v) is 5.54. The van der Waals surface area contributed by atoms with Gasteiger partial charge in [0.15, 0.2) is 0 Å². The minimum Gasteiger partial charge on any atom is -0.352 e. The first-order valence-corrected chi connectivity index (χ1v) is 10.7. The van der Waals surface area contributed by atoms with E-state index in [2.05, 4.69) is 10.6 Å². The van der Waals surface area contributed by atoms with Crippen molar-refractivity contribution in [2.45, 2.75) is 13.0 Å². The van der Waals surface area contributed by atoms with Crippen LogP contribution in [0.15, 0.2) is 78.9 Å². The first-order chi connectivity index (χ1) is 15.5. The second-order valence-corrected chi connectivity index (χ2v) is 8.06. The lowest BCUT2D eigenvalue weighted by Crippen LogP contribution is -2.32. The molecule has 32 heavy (non-hydrogen) atoms.